The van der Waals surface area contributed by atoms with Crippen LogP contribution in [0.15, 0.2) is 23.6 Å². The Morgan fingerprint density at radius 3 is 2.82 bits per heavy atom. The van der Waals surface area contributed by atoms with Crippen molar-refractivity contribution in [1.82, 2.24) is 4.98 Å². The van der Waals surface area contributed by atoms with Crippen LogP contribution in [0.4, 0.5) is 5.69 Å². The summed E-state index contributed by atoms with van der Waals surface area (Å²) in [7, 11) is 1.58. The van der Waals surface area contributed by atoms with Gasteiger partial charge in [-0.15, -0.1) is 0 Å². The molecule has 2 aromatic rings. The third kappa shape index (κ3) is 2.68. The summed E-state index contributed by atoms with van der Waals surface area (Å²) in [4.78, 5) is 4.33. The van der Waals surface area contributed by atoms with Crippen molar-refractivity contribution in [3.63, 3.8) is 0 Å². The SMILES string of the molecule is CCc1csc(Oc2ccc(N)cc2OC)n1. The Kier molecular flexibility index (Phi) is 3.49. The van der Waals surface area contributed by atoms with E-state index in [1.807, 2.05) is 5.38 Å². The quantitative estimate of drug-likeness (QED) is 0.847. The molecule has 0 saturated carbocycles. The first-order valence-corrected chi connectivity index (χ1v) is 6.16. The standard InChI is InChI=1S/C12H14N2O2S/c1-3-9-7-17-12(14-9)16-10-5-4-8(13)6-11(10)15-2/h4-7H,3,13H2,1-2H3. The van der Waals surface area contributed by atoms with Gasteiger partial charge in [0.05, 0.1) is 12.8 Å². The van der Waals surface area contributed by atoms with Crippen LogP contribution in [-0.2, 0) is 6.42 Å². The maximum Gasteiger partial charge on any atom is 0.279 e. The number of nitrogen functional groups attached to an aromatic ring is 1. The highest BCUT2D eigenvalue weighted by atomic mass is 32.1. The molecule has 2 rings (SSSR count). The van der Waals surface area contributed by atoms with E-state index in [0.29, 0.717) is 22.4 Å². The summed E-state index contributed by atoms with van der Waals surface area (Å²) in [5.41, 5.74) is 7.34. The Labute approximate surface area is 104 Å². The summed E-state index contributed by atoms with van der Waals surface area (Å²) in [5.74, 6) is 1.23. The van der Waals surface area contributed by atoms with Gasteiger partial charge in [-0.1, -0.05) is 18.3 Å². The Bertz CT molecular complexity index is 511. The number of nitrogens with zero attached hydrogens (tertiary/aromatic N) is 1. The molecule has 0 fully saturated rings. The van der Waals surface area contributed by atoms with Gasteiger partial charge >= 0.3 is 0 Å². The minimum atomic E-state index is 0.609. The first kappa shape index (κ1) is 11.7. The second-order valence-electron chi connectivity index (χ2n) is 3.47. The molecule has 17 heavy (non-hydrogen) atoms. The normalized spacial score (nSPS) is 10.2. The van der Waals surface area contributed by atoms with E-state index in [4.69, 9.17) is 15.2 Å². The summed E-state index contributed by atoms with van der Waals surface area (Å²) < 4.78 is 10.9. The van der Waals surface area contributed by atoms with E-state index < -0.39 is 0 Å². The molecule has 5 heteroatoms. The van der Waals surface area contributed by atoms with E-state index in [-0.39, 0.29) is 0 Å². The van der Waals surface area contributed by atoms with Crippen molar-refractivity contribution in [3.05, 3.63) is 29.3 Å². The Morgan fingerprint density at radius 1 is 1.35 bits per heavy atom. The van der Waals surface area contributed by atoms with Crippen molar-refractivity contribution < 1.29 is 9.47 Å². The highest BCUT2D eigenvalue weighted by Crippen LogP contribution is 2.34. The second-order valence-corrected chi connectivity index (χ2v) is 4.29. The lowest BCUT2D eigenvalue weighted by atomic mass is 10.3. The first-order valence-electron chi connectivity index (χ1n) is 5.28. The average molecular weight is 250 g/mol. The highest BCUT2D eigenvalue weighted by molar-refractivity contribution is 7.11. The number of hydrogen-bond acceptors (Lipinski definition) is 5. The molecule has 1 aromatic heterocycles. The van der Waals surface area contributed by atoms with Crippen LogP contribution in [0.2, 0.25) is 0 Å². The highest BCUT2D eigenvalue weighted by Gasteiger charge is 2.08. The van der Waals surface area contributed by atoms with Crippen LogP contribution >= 0.6 is 11.3 Å². The van der Waals surface area contributed by atoms with Gasteiger partial charge in [-0.2, -0.15) is 0 Å². The zero-order valence-electron chi connectivity index (χ0n) is 9.77. The van der Waals surface area contributed by atoms with Crippen molar-refractivity contribution in [2.75, 3.05) is 12.8 Å². The van der Waals surface area contributed by atoms with Gasteiger partial charge in [0, 0.05) is 17.1 Å². The molecule has 0 atom stereocenters. The van der Waals surface area contributed by atoms with Gasteiger partial charge in [0.1, 0.15) is 0 Å². The predicted molar refractivity (Wildman–Crippen MR) is 69.0 cm³/mol. The van der Waals surface area contributed by atoms with Crippen LogP contribution in [0.5, 0.6) is 16.7 Å². The van der Waals surface area contributed by atoms with Crippen LogP contribution in [0, 0.1) is 0 Å². The van der Waals surface area contributed by atoms with E-state index in [1.54, 1.807) is 25.3 Å². The maximum atomic E-state index is 5.67. The number of methoxy groups -OCH3 is 1. The minimum Gasteiger partial charge on any atom is -0.493 e. The van der Waals surface area contributed by atoms with E-state index in [2.05, 4.69) is 11.9 Å². The fraction of sp³-hybridized carbons (Fsp3) is 0.250. The van der Waals surface area contributed by atoms with Gasteiger partial charge in [0.15, 0.2) is 11.5 Å². The third-order valence-electron chi connectivity index (χ3n) is 2.28. The Morgan fingerprint density at radius 2 is 2.18 bits per heavy atom. The fourth-order valence-electron chi connectivity index (χ4n) is 1.36. The van der Waals surface area contributed by atoms with Crippen LogP contribution in [0.3, 0.4) is 0 Å². The molecule has 0 aliphatic carbocycles. The summed E-state index contributed by atoms with van der Waals surface area (Å²) in [6.07, 6.45) is 0.902. The van der Waals surface area contributed by atoms with E-state index in [1.165, 1.54) is 11.3 Å². The number of anilines is 1. The number of benzene rings is 1. The molecule has 0 unspecified atom stereocenters. The molecule has 4 nitrogen and oxygen atoms in total. The lowest BCUT2D eigenvalue weighted by Crippen LogP contribution is -1.92. The third-order valence-corrected chi connectivity index (χ3v) is 3.04. The van der Waals surface area contributed by atoms with Crippen molar-refractivity contribution >= 4 is 17.0 Å². The predicted octanol–water partition coefficient (Wildman–Crippen LogP) is 3.09. The lowest BCUT2D eigenvalue weighted by molar-refractivity contribution is 0.378. The van der Waals surface area contributed by atoms with Crippen molar-refractivity contribution in [3.8, 4) is 16.7 Å². The molecule has 0 aliphatic rings. The van der Waals surface area contributed by atoms with E-state index in [9.17, 15) is 0 Å². The average Bonchev–Trinajstić information content (AvgIpc) is 2.79. The minimum absolute atomic E-state index is 0.609. The summed E-state index contributed by atoms with van der Waals surface area (Å²) in [6, 6.07) is 5.27. The number of ether oxygens (including phenoxy) is 2. The van der Waals surface area contributed by atoms with E-state index in [0.717, 1.165) is 12.1 Å². The smallest absolute Gasteiger partial charge is 0.279 e. The maximum absolute atomic E-state index is 5.67. The molecule has 1 heterocycles. The zero-order valence-corrected chi connectivity index (χ0v) is 10.6. The van der Waals surface area contributed by atoms with Gasteiger partial charge in [-0.25, -0.2) is 4.98 Å². The molecular weight excluding hydrogens is 236 g/mol. The summed E-state index contributed by atoms with van der Waals surface area (Å²) in [6.45, 7) is 2.06. The van der Waals surface area contributed by atoms with E-state index >= 15 is 0 Å². The number of hydrogen-bond donors (Lipinski definition) is 1. The molecule has 90 valence electrons. The van der Waals surface area contributed by atoms with Gasteiger partial charge in [0.25, 0.3) is 5.19 Å². The Balaban J connectivity index is 2.23. The van der Waals surface area contributed by atoms with Crippen molar-refractivity contribution in [1.29, 1.82) is 0 Å². The van der Waals surface area contributed by atoms with Gasteiger partial charge in [0.2, 0.25) is 0 Å². The van der Waals surface area contributed by atoms with Gasteiger partial charge in [-0.3, -0.25) is 0 Å². The second kappa shape index (κ2) is 5.05. The molecule has 0 bridgehead atoms. The van der Waals surface area contributed by atoms with Crippen LogP contribution in [0.1, 0.15) is 12.6 Å². The largest absolute Gasteiger partial charge is 0.493 e. The zero-order chi connectivity index (χ0) is 12.3. The van der Waals surface area contributed by atoms with Crippen LogP contribution in [-0.4, -0.2) is 12.1 Å². The molecule has 0 radical (unpaired) electrons. The molecule has 1 aromatic carbocycles. The monoisotopic (exact) mass is 250 g/mol. The van der Waals surface area contributed by atoms with Crippen LogP contribution in [0.25, 0.3) is 0 Å². The lowest BCUT2D eigenvalue weighted by Gasteiger charge is -2.08. The molecule has 0 spiro atoms. The molecule has 0 amide bonds. The van der Waals surface area contributed by atoms with Crippen molar-refractivity contribution in [2.24, 2.45) is 0 Å². The molecule has 0 saturated heterocycles. The topological polar surface area (TPSA) is 57.4 Å². The number of thiazole rings is 1. The first-order chi connectivity index (χ1) is 8.22. The van der Waals surface area contributed by atoms with Gasteiger partial charge < -0.3 is 15.2 Å². The van der Waals surface area contributed by atoms with Crippen molar-refractivity contribution in [2.45, 2.75) is 13.3 Å². The van der Waals surface area contributed by atoms with Gasteiger partial charge in [-0.05, 0) is 18.6 Å². The van der Waals surface area contributed by atoms with Crippen LogP contribution < -0.4 is 15.2 Å². The number of nitrogens with two attached hydrogens (primary N) is 1. The number of rotatable bonds is 4. The molecule has 0 aliphatic heterocycles. The summed E-state index contributed by atoms with van der Waals surface area (Å²) >= 11 is 1.47. The number of aromatic nitrogens is 1. The number of aryl methyl sites for hydroxylation is 1. The molecule has 2 N–H and O–H groups in total. The summed E-state index contributed by atoms with van der Waals surface area (Å²) in [5, 5.41) is 2.60. The molecular formula is C12H14N2O2S. The fourth-order valence-corrected chi connectivity index (χ4v) is 2.12. The Hall–Kier alpha value is -1.75.